The van der Waals surface area contributed by atoms with Crippen LogP contribution in [0.1, 0.15) is 55.8 Å². The molecule has 0 saturated heterocycles. The highest BCUT2D eigenvalue weighted by molar-refractivity contribution is 6.30. The molecular weight excluding hydrogens is 282 g/mol. The Morgan fingerprint density at radius 2 is 1.81 bits per heavy atom. The maximum Gasteiger partial charge on any atom is 0.164 e. The van der Waals surface area contributed by atoms with E-state index in [-0.39, 0.29) is 5.78 Å². The summed E-state index contributed by atoms with van der Waals surface area (Å²) in [4.78, 5) is 14.5. The highest BCUT2D eigenvalue weighted by Crippen LogP contribution is 2.29. The number of carbonyl (C=O) groups excluding carboxylic acids is 1. The second-order valence-corrected chi connectivity index (χ2v) is 6.68. The van der Waals surface area contributed by atoms with E-state index in [1.165, 1.54) is 32.1 Å². The lowest BCUT2D eigenvalue weighted by Crippen LogP contribution is -2.36. The Kier molecular flexibility index (Phi) is 6.25. The van der Waals surface area contributed by atoms with Gasteiger partial charge in [-0.25, -0.2) is 0 Å². The molecule has 1 aliphatic carbocycles. The second-order valence-electron chi connectivity index (χ2n) is 6.24. The van der Waals surface area contributed by atoms with Gasteiger partial charge >= 0.3 is 0 Å². The summed E-state index contributed by atoms with van der Waals surface area (Å²) in [5.74, 6) is 1.13. The smallest absolute Gasteiger partial charge is 0.164 e. The SMILES string of the molecule is CCC1CCC(N(C)CCC(=O)c2ccc(Cl)cc2)CC1. The third-order valence-electron chi connectivity index (χ3n) is 4.87. The minimum atomic E-state index is 0.209. The molecule has 1 aliphatic rings. The molecule has 116 valence electrons. The van der Waals surface area contributed by atoms with Gasteiger partial charge < -0.3 is 4.90 Å². The Bertz CT molecular complexity index is 449. The zero-order valence-electron chi connectivity index (χ0n) is 13.1. The first-order chi connectivity index (χ1) is 10.1. The van der Waals surface area contributed by atoms with Crippen molar-refractivity contribution in [2.75, 3.05) is 13.6 Å². The summed E-state index contributed by atoms with van der Waals surface area (Å²) in [7, 11) is 2.16. The van der Waals surface area contributed by atoms with Gasteiger partial charge in [-0.3, -0.25) is 4.79 Å². The number of hydrogen-bond donors (Lipinski definition) is 0. The van der Waals surface area contributed by atoms with Gasteiger partial charge in [0, 0.05) is 29.6 Å². The Balaban J connectivity index is 1.77. The number of carbonyl (C=O) groups is 1. The largest absolute Gasteiger partial charge is 0.303 e. The van der Waals surface area contributed by atoms with E-state index >= 15 is 0 Å². The molecular formula is C18H26ClNO. The Morgan fingerprint density at radius 3 is 2.38 bits per heavy atom. The Hall–Kier alpha value is -0.860. The standard InChI is InChI=1S/C18H26ClNO/c1-3-14-4-10-17(11-5-14)20(2)13-12-18(21)15-6-8-16(19)9-7-15/h6-9,14,17H,3-5,10-13H2,1-2H3. The molecule has 1 fully saturated rings. The number of rotatable bonds is 6. The van der Waals surface area contributed by atoms with E-state index in [0.29, 0.717) is 17.5 Å². The molecule has 1 aromatic rings. The summed E-state index contributed by atoms with van der Waals surface area (Å²) in [5, 5.41) is 0.677. The molecule has 3 heteroatoms. The Morgan fingerprint density at radius 1 is 1.19 bits per heavy atom. The van der Waals surface area contributed by atoms with Crippen molar-refractivity contribution < 1.29 is 4.79 Å². The number of ketones is 1. The monoisotopic (exact) mass is 307 g/mol. The van der Waals surface area contributed by atoms with Crippen LogP contribution in [-0.2, 0) is 0 Å². The van der Waals surface area contributed by atoms with Gasteiger partial charge in [0.15, 0.2) is 5.78 Å². The van der Waals surface area contributed by atoms with Crippen LogP contribution in [0.4, 0.5) is 0 Å². The summed E-state index contributed by atoms with van der Waals surface area (Å²) in [6.07, 6.45) is 7.15. The summed E-state index contributed by atoms with van der Waals surface area (Å²) < 4.78 is 0. The van der Waals surface area contributed by atoms with E-state index in [2.05, 4.69) is 18.9 Å². The summed E-state index contributed by atoms with van der Waals surface area (Å²) in [6.45, 7) is 3.14. The lowest BCUT2D eigenvalue weighted by molar-refractivity contribution is 0.0946. The molecule has 0 spiro atoms. The van der Waals surface area contributed by atoms with E-state index < -0.39 is 0 Å². The van der Waals surface area contributed by atoms with Crippen LogP contribution in [0, 0.1) is 5.92 Å². The minimum absolute atomic E-state index is 0.209. The quantitative estimate of drug-likeness (QED) is 0.703. The number of halogens is 1. The van der Waals surface area contributed by atoms with E-state index in [9.17, 15) is 4.79 Å². The molecule has 1 aromatic carbocycles. The molecule has 0 aromatic heterocycles. The molecule has 0 aliphatic heterocycles. The van der Waals surface area contributed by atoms with Crippen LogP contribution in [-0.4, -0.2) is 30.3 Å². The van der Waals surface area contributed by atoms with Crippen LogP contribution in [0.15, 0.2) is 24.3 Å². The van der Waals surface area contributed by atoms with Gasteiger partial charge in [-0.05, 0) is 62.9 Å². The molecule has 0 N–H and O–H groups in total. The van der Waals surface area contributed by atoms with Gasteiger partial charge in [-0.2, -0.15) is 0 Å². The molecule has 0 bridgehead atoms. The second kappa shape index (κ2) is 7.95. The first-order valence-corrected chi connectivity index (χ1v) is 8.47. The first-order valence-electron chi connectivity index (χ1n) is 8.09. The van der Waals surface area contributed by atoms with Crippen LogP contribution in [0.2, 0.25) is 5.02 Å². The maximum absolute atomic E-state index is 12.2. The molecule has 0 heterocycles. The molecule has 21 heavy (non-hydrogen) atoms. The van der Waals surface area contributed by atoms with Crippen molar-refractivity contribution in [1.82, 2.24) is 4.90 Å². The van der Waals surface area contributed by atoms with E-state index in [1.54, 1.807) is 12.1 Å². The van der Waals surface area contributed by atoms with Crippen molar-refractivity contribution in [3.8, 4) is 0 Å². The van der Waals surface area contributed by atoms with Gasteiger partial charge in [0.2, 0.25) is 0 Å². The highest BCUT2D eigenvalue weighted by atomic mass is 35.5. The maximum atomic E-state index is 12.2. The number of nitrogens with zero attached hydrogens (tertiary/aromatic N) is 1. The summed E-state index contributed by atoms with van der Waals surface area (Å²) in [5.41, 5.74) is 0.766. The van der Waals surface area contributed by atoms with Gasteiger partial charge in [0.1, 0.15) is 0 Å². The molecule has 2 nitrogen and oxygen atoms in total. The van der Waals surface area contributed by atoms with Crippen molar-refractivity contribution in [2.24, 2.45) is 5.92 Å². The first kappa shape index (κ1) is 16.5. The Labute approximate surface area is 133 Å². The zero-order chi connectivity index (χ0) is 15.2. The normalized spacial score (nSPS) is 22.5. The third kappa shape index (κ3) is 4.82. The molecule has 0 unspecified atom stereocenters. The topological polar surface area (TPSA) is 20.3 Å². The molecule has 0 radical (unpaired) electrons. The van der Waals surface area contributed by atoms with Crippen molar-refractivity contribution in [2.45, 2.75) is 51.5 Å². The third-order valence-corrected chi connectivity index (χ3v) is 5.13. The van der Waals surface area contributed by atoms with E-state index in [0.717, 1.165) is 18.0 Å². The lowest BCUT2D eigenvalue weighted by atomic mass is 9.84. The predicted octanol–water partition coefficient (Wildman–Crippen LogP) is 4.81. The number of Topliss-reactive ketones (excluding diaryl/α,β-unsaturated/α-hetero) is 1. The van der Waals surface area contributed by atoms with Crippen molar-refractivity contribution in [3.05, 3.63) is 34.9 Å². The van der Waals surface area contributed by atoms with Crippen LogP contribution in [0.25, 0.3) is 0 Å². The fourth-order valence-corrected chi connectivity index (χ4v) is 3.36. The molecule has 2 rings (SSSR count). The van der Waals surface area contributed by atoms with Crippen molar-refractivity contribution in [1.29, 1.82) is 0 Å². The lowest BCUT2D eigenvalue weighted by Gasteiger charge is -2.34. The highest BCUT2D eigenvalue weighted by Gasteiger charge is 2.23. The van der Waals surface area contributed by atoms with Crippen LogP contribution in [0.3, 0.4) is 0 Å². The fourth-order valence-electron chi connectivity index (χ4n) is 3.23. The summed E-state index contributed by atoms with van der Waals surface area (Å²) in [6, 6.07) is 7.86. The molecule has 0 atom stereocenters. The van der Waals surface area contributed by atoms with Gasteiger partial charge in [0.05, 0.1) is 0 Å². The van der Waals surface area contributed by atoms with Crippen LogP contribution < -0.4 is 0 Å². The van der Waals surface area contributed by atoms with Crippen molar-refractivity contribution >= 4 is 17.4 Å². The predicted molar refractivity (Wildman–Crippen MR) is 89.1 cm³/mol. The van der Waals surface area contributed by atoms with Crippen LogP contribution >= 0.6 is 11.6 Å². The molecule has 0 amide bonds. The van der Waals surface area contributed by atoms with Crippen molar-refractivity contribution in [3.63, 3.8) is 0 Å². The van der Waals surface area contributed by atoms with E-state index in [1.807, 2.05) is 12.1 Å². The van der Waals surface area contributed by atoms with Gasteiger partial charge in [-0.1, -0.05) is 24.9 Å². The average Bonchev–Trinajstić information content (AvgIpc) is 2.53. The number of benzene rings is 1. The van der Waals surface area contributed by atoms with Crippen LogP contribution in [0.5, 0.6) is 0 Å². The number of hydrogen-bond acceptors (Lipinski definition) is 2. The van der Waals surface area contributed by atoms with Gasteiger partial charge in [-0.15, -0.1) is 0 Å². The fraction of sp³-hybridized carbons (Fsp3) is 0.611. The summed E-state index contributed by atoms with van der Waals surface area (Å²) >= 11 is 5.85. The van der Waals surface area contributed by atoms with Gasteiger partial charge in [0.25, 0.3) is 0 Å². The minimum Gasteiger partial charge on any atom is -0.303 e. The average molecular weight is 308 g/mol. The zero-order valence-corrected chi connectivity index (χ0v) is 13.9. The molecule has 1 saturated carbocycles. The van der Waals surface area contributed by atoms with E-state index in [4.69, 9.17) is 11.6 Å².